The number of halogens is 1. The Morgan fingerprint density at radius 1 is 1.06 bits per heavy atom. The van der Waals surface area contributed by atoms with E-state index in [1.165, 1.54) is 12.1 Å². The highest BCUT2D eigenvalue weighted by Crippen LogP contribution is 2.25. The molecule has 0 aliphatic carbocycles. The third-order valence-electron chi connectivity index (χ3n) is 4.81. The third kappa shape index (κ3) is 4.78. The zero-order valence-corrected chi connectivity index (χ0v) is 18.2. The lowest BCUT2D eigenvalue weighted by Crippen LogP contribution is -2.49. The van der Waals surface area contributed by atoms with E-state index in [0.717, 1.165) is 11.9 Å². The van der Waals surface area contributed by atoms with Crippen molar-refractivity contribution < 1.29 is 13.2 Å². The van der Waals surface area contributed by atoms with Crippen molar-refractivity contribution >= 4 is 39.2 Å². The fourth-order valence-electron chi connectivity index (χ4n) is 3.34. The second-order valence-corrected chi connectivity index (χ2v) is 9.23. The molecule has 10 nitrogen and oxygen atoms in total. The first kappa shape index (κ1) is 21.1. The van der Waals surface area contributed by atoms with E-state index in [0.29, 0.717) is 37.7 Å². The van der Waals surface area contributed by atoms with Crippen molar-refractivity contribution in [2.75, 3.05) is 42.1 Å². The number of anilines is 2. The van der Waals surface area contributed by atoms with Crippen molar-refractivity contribution in [2.45, 2.75) is 0 Å². The summed E-state index contributed by atoms with van der Waals surface area (Å²) in [4.78, 5) is 16.7. The van der Waals surface area contributed by atoms with Gasteiger partial charge in [0.1, 0.15) is 0 Å². The predicted molar refractivity (Wildman–Crippen MR) is 117 cm³/mol. The van der Waals surface area contributed by atoms with Crippen LogP contribution in [0.2, 0.25) is 5.02 Å². The molecule has 1 aliphatic rings. The summed E-state index contributed by atoms with van der Waals surface area (Å²) in [7, 11) is -3.51. The van der Waals surface area contributed by atoms with Crippen molar-refractivity contribution in [2.24, 2.45) is 0 Å². The topological polar surface area (TPSA) is 113 Å². The number of piperazine rings is 1. The molecule has 0 radical (unpaired) electrons. The Kier molecular flexibility index (Phi) is 5.79. The van der Waals surface area contributed by atoms with Crippen LogP contribution in [0, 0.1) is 0 Å². The molecule has 0 spiro atoms. The number of carbonyl (C=O) groups is 1. The smallest absolute Gasteiger partial charge is 0.254 e. The molecule has 0 atom stereocenters. The standard InChI is InChI=1S/C19H20ClN7O3S/c1-31(29,30)22-17-13-14(7-8-16(17)20)18(28)25-9-11-26(12-10-25)19-21-23-24-27(19)15-5-3-2-4-6-15/h2-8,13,22H,9-12H2,1H3. The number of tetrazole rings is 1. The van der Waals surface area contributed by atoms with Crippen LogP contribution in [0.4, 0.5) is 11.6 Å². The molecule has 0 saturated carbocycles. The zero-order valence-electron chi connectivity index (χ0n) is 16.6. The van der Waals surface area contributed by atoms with Crippen LogP contribution in [0.15, 0.2) is 48.5 Å². The molecule has 0 unspecified atom stereocenters. The third-order valence-corrected chi connectivity index (χ3v) is 5.73. The van der Waals surface area contributed by atoms with Crippen LogP contribution in [0.25, 0.3) is 5.69 Å². The van der Waals surface area contributed by atoms with Crippen molar-refractivity contribution in [3.8, 4) is 5.69 Å². The highest BCUT2D eigenvalue weighted by atomic mass is 35.5. The van der Waals surface area contributed by atoms with Crippen LogP contribution in [-0.2, 0) is 10.0 Å². The van der Waals surface area contributed by atoms with Gasteiger partial charge in [-0.05, 0) is 40.8 Å². The van der Waals surface area contributed by atoms with Crippen molar-refractivity contribution in [3.05, 3.63) is 59.1 Å². The van der Waals surface area contributed by atoms with Gasteiger partial charge in [0, 0.05) is 31.7 Å². The molecule has 1 saturated heterocycles. The fraction of sp³-hybridized carbons (Fsp3) is 0.263. The summed E-state index contributed by atoms with van der Waals surface area (Å²) in [6.07, 6.45) is 1.03. The summed E-state index contributed by atoms with van der Waals surface area (Å²) < 4.78 is 27.0. The van der Waals surface area contributed by atoms with E-state index < -0.39 is 10.0 Å². The molecule has 0 bridgehead atoms. The minimum Gasteiger partial charge on any atom is -0.336 e. The van der Waals surface area contributed by atoms with Gasteiger partial charge in [0.25, 0.3) is 5.91 Å². The molecule has 1 amide bonds. The molecule has 1 fully saturated rings. The summed E-state index contributed by atoms with van der Waals surface area (Å²) in [5.41, 5.74) is 1.39. The second-order valence-electron chi connectivity index (χ2n) is 7.07. The largest absolute Gasteiger partial charge is 0.336 e. The Labute approximate surface area is 184 Å². The van der Waals surface area contributed by atoms with Crippen LogP contribution < -0.4 is 9.62 Å². The summed E-state index contributed by atoms with van der Waals surface area (Å²) >= 11 is 6.05. The van der Waals surface area contributed by atoms with Gasteiger partial charge in [-0.3, -0.25) is 9.52 Å². The minimum absolute atomic E-state index is 0.177. The van der Waals surface area contributed by atoms with Crippen LogP contribution in [0.5, 0.6) is 0 Å². The highest BCUT2D eigenvalue weighted by Gasteiger charge is 2.26. The number of hydrogen-bond donors (Lipinski definition) is 1. The molecule has 12 heteroatoms. The Morgan fingerprint density at radius 3 is 2.45 bits per heavy atom. The number of nitrogens with zero attached hydrogens (tertiary/aromatic N) is 6. The van der Waals surface area contributed by atoms with Gasteiger partial charge in [-0.15, -0.1) is 0 Å². The number of hydrogen-bond acceptors (Lipinski definition) is 7. The number of sulfonamides is 1. The maximum atomic E-state index is 13.0. The highest BCUT2D eigenvalue weighted by molar-refractivity contribution is 7.92. The Morgan fingerprint density at radius 2 is 1.77 bits per heavy atom. The van der Waals surface area contributed by atoms with Crippen LogP contribution in [-0.4, -0.2) is 71.9 Å². The molecule has 2 aromatic carbocycles. The first-order valence-corrected chi connectivity index (χ1v) is 11.7. The van der Waals surface area contributed by atoms with Gasteiger partial charge in [0.15, 0.2) is 0 Å². The number of rotatable bonds is 5. The molecule has 1 aliphatic heterocycles. The van der Waals surface area contributed by atoms with E-state index in [4.69, 9.17) is 11.6 Å². The lowest BCUT2D eigenvalue weighted by Gasteiger charge is -2.34. The molecule has 2 heterocycles. The molecule has 162 valence electrons. The lowest BCUT2D eigenvalue weighted by molar-refractivity contribution is 0.0746. The van der Waals surface area contributed by atoms with Gasteiger partial charge in [0.05, 0.1) is 22.7 Å². The SMILES string of the molecule is CS(=O)(=O)Nc1cc(C(=O)N2CCN(c3nnnn3-c3ccccc3)CC2)ccc1Cl. The van der Waals surface area contributed by atoms with Gasteiger partial charge in [-0.25, -0.2) is 8.42 Å². The molecule has 4 rings (SSSR count). The summed E-state index contributed by atoms with van der Waals surface area (Å²) in [5, 5.41) is 12.2. The number of nitrogens with one attached hydrogen (secondary N) is 1. The summed E-state index contributed by atoms with van der Waals surface area (Å²) in [6.45, 7) is 2.05. The van der Waals surface area contributed by atoms with E-state index in [-0.39, 0.29) is 16.6 Å². The molecule has 1 aromatic heterocycles. The summed E-state index contributed by atoms with van der Waals surface area (Å²) in [5.74, 6) is 0.417. The van der Waals surface area contributed by atoms with E-state index in [2.05, 4.69) is 20.2 Å². The van der Waals surface area contributed by atoms with E-state index in [9.17, 15) is 13.2 Å². The van der Waals surface area contributed by atoms with Crippen LogP contribution in [0.3, 0.4) is 0 Å². The van der Waals surface area contributed by atoms with E-state index >= 15 is 0 Å². The average Bonchev–Trinajstić information content (AvgIpc) is 3.24. The number of aromatic nitrogens is 4. The normalized spacial score (nSPS) is 14.5. The number of para-hydroxylation sites is 1. The van der Waals surface area contributed by atoms with Crippen molar-refractivity contribution in [3.63, 3.8) is 0 Å². The molecular formula is C19H20ClN7O3S. The van der Waals surface area contributed by atoms with E-state index in [1.54, 1.807) is 15.6 Å². The monoisotopic (exact) mass is 461 g/mol. The minimum atomic E-state index is -3.51. The maximum Gasteiger partial charge on any atom is 0.254 e. The quantitative estimate of drug-likeness (QED) is 0.614. The van der Waals surface area contributed by atoms with Gasteiger partial charge in [-0.1, -0.05) is 34.9 Å². The van der Waals surface area contributed by atoms with Crippen LogP contribution in [0.1, 0.15) is 10.4 Å². The maximum absolute atomic E-state index is 13.0. The van der Waals surface area contributed by atoms with Crippen LogP contribution >= 0.6 is 11.6 Å². The first-order valence-electron chi connectivity index (χ1n) is 9.47. The van der Waals surface area contributed by atoms with Gasteiger partial charge in [-0.2, -0.15) is 4.68 Å². The van der Waals surface area contributed by atoms with Crippen molar-refractivity contribution in [1.29, 1.82) is 0 Å². The lowest BCUT2D eigenvalue weighted by atomic mass is 10.1. The molecule has 1 N–H and O–H groups in total. The fourth-order valence-corrected chi connectivity index (χ4v) is 4.13. The second kappa shape index (κ2) is 8.52. The average molecular weight is 462 g/mol. The number of benzene rings is 2. The van der Waals surface area contributed by atoms with E-state index in [1.807, 2.05) is 35.2 Å². The van der Waals surface area contributed by atoms with Gasteiger partial charge >= 0.3 is 0 Å². The molecule has 3 aromatic rings. The molecular weight excluding hydrogens is 442 g/mol. The Balaban J connectivity index is 1.46. The zero-order chi connectivity index (χ0) is 22.0. The van der Waals surface area contributed by atoms with Gasteiger partial charge in [0.2, 0.25) is 16.0 Å². The first-order chi connectivity index (χ1) is 14.8. The molecule has 31 heavy (non-hydrogen) atoms. The predicted octanol–water partition coefficient (Wildman–Crippen LogP) is 1.65. The van der Waals surface area contributed by atoms with Gasteiger partial charge < -0.3 is 9.80 Å². The van der Waals surface area contributed by atoms with Crippen molar-refractivity contribution in [1.82, 2.24) is 25.1 Å². The number of carbonyl (C=O) groups excluding carboxylic acids is 1. The summed E-state index contributed by atoms with van der Waals surface area (Å²) in [6, 6.07) is 14.1. The number of amides is 1. The Bertz CT molecular complexity index is 1190. The Hall–Kier alpha value is -3.18.